The third kappa shape index (κ3) is 144. The van der Waals surface area contributed by atoms with Crippen LogP contribution in [0.1, 0.15) is 0 Å². The molecule has 0 saturated carbocycles. The quantitative estimate of drug-likeness (QED) is 0.386. The van der Waals surface area contributed by atoms with Crippen LogP contribution in [0.15, 0.2) is 0 Å². The maximum absolute atomic E-state index is 8.69. The first-order chi connectivity index (χ1) is 3.00. The summed E-state index contributed by atoms with van der Waals surface area (Å²) in [6, 6.07) is 0. The first-order valence-electron chi connectivity index (χ1n) is 1.04. The summed E-state index contributed by atoms with van der Waals surface area (Å²) in [6.45, 7) is 0. The van der Waals surface area contributed by atoms with Crippen molar-refractivity contribution in [3.63, 3.8) is 0 Å². The fraction of sp³-hybridized carbons (Fsp3) is 1.00. The van der Waals surface area contributed by atoms with Crippen LogP contribution in [0, 0.1) is 0 Å². The topological polar surface area (TPSA) is 94.5 Å². The molecule has 46 valence electrons. The zero-order valence-electron chi connectivity index (χ0n) is 4.46. The average molecular weight is 190 g/mol. The van der Waals surface area contributed by atoms with Gasteiger partial charge in [-0.05, 0) is 0 Å². The second-order valence-electron chi connectivity index (χ2n) is 0.396. The van der Waals surface area contributed by atoms with Crippen LogP contribution in [0.25, 0.3) is 0 Å². The standard InChI is InChI=1S/CH3O.K.Mn.H2O.3O/c1-2;;;;;;/h1H3;;;1H2;;;/q-1;2*+1;;;;/p-1. The van der Waals surface area contributed by atoms with E-state index in [2.05, 4.69) is 0 Å². The molecule has 0 fully saturated rings. The molecular weight excluding hydrogens is 186 g/mol. The molecule has 7 heteroatoms. The van der Waals surface area contributed by atoms with Crippen molar-refractivity contribution in [3.05, 3.63) is 0 Å². The first kappa shape index (κ1) is 16.2. The van der Waals surface area contributed by atoms with Gasteiger partial charge in [0.25, 0.3) is 0 Å². The van der Waals surface area contributed by atoms with Gasteiger partial charge < -0.3 is 5.11 Å². The number of rotatable bonds is 0. The molecule has 5 nitrogen and oxygen atoms in total. The Bertz CT molecular complexity index is 134. The molecule has 0 aliphatic carbocycles. The molecule has 0 spiro atoms. The van der Waals surface area contributed by atoms with Crippen LogP contribution >= 0.6 is 0 Å². The molecule has 8 heavy (non-hydrogen) atoms. The van der Waals surface area contributed by atoms with E-state index < -0.39 is 13.0 Å². The van der Waals surface area contributed by atoms with Gasteiger partial charge >= 0.3 is 80.0 Å². The summed E-state index contributed by atoms with van der Waals surface area (Å²) >= 11 is -5.38. The molecule has 0 atom stereocenters. The van der Waals surface area contributed by atoms with E-state index in [4.69, 9.17) is 20.8 Å². The molecule has 0 amide bonds. The Kier molecular flexibility index (Phi) is 17.2. The van der Waals surface area contributed by atoms with Gasteiger partial charge in [0.1, 0.15) is 0 Å². The Hall–Kier alpha value is 1.48. The summed E-state index contributed by atoms with van der Waals surface area (Å²) in [5, 5.41) is 8.25. The van der Waals surface area contributed by atoms with Gasteiger partial charge in [-0.1, -0.05) is 0 Å². The molecular formula is CH4KMnO5. The van der Waals surface area contributed by atoms with Gasteiger partial charge in [-0.2, -0.15) is 7.11 Å². The van der Waals surface area contributed by atoms with E-state index in [1.807, 2.05) is 0 Å². The zero-order valence-corrected chi connectivity index (χ0v) is 8.76. The predicted molar refractivity (Wildman–Crippen MR) is 10.2 cm³/mol. The molecule has 0 aromatic carbocycles. The first-order valence-corrected chi connectivity index (χ1v) is 3.01. The minimum absolute atomic E-state index is 0. The van der Waals surface area contributed by atoms with Gasteiger partial charge in [0.2, 0.25) is 0 Å². The van der Waals surface area contributed by atoms with E-state index in [1.54, 1.807) is 0 Å². The third-order valence-corrected chi connectivity index (χ3v) is 0. The fourth-order valence-electron chi connectivity index (χ4n) is 0. The van der Waals surface area contributed by atoms with Crippen LogP contribution in [-0.2, 0) is 24.5 Å². The third-order valence-electron chi connectivity index (χ3n) is 0. The van der Waals surface area contributed by atoms with Gasteiger partial charge in [-0.3, -0.25) is 0 Å². The Morgan fingerprint density at radius 1 is 1.25 bits per heavy atom. The summed E-state index contributed by atoms with van der Waals surface area (Å²) in [7, 11) is 0.750. The van der Waals surface area contributed by atoms with Crippen molar-refractivity contribution in [3.8, 4) is 0 Å². The molecule has 0 aliphatic heterocycles. The van der Waals surface area contributed by atoms with Gasteiger partial charge in [-0.15, -0.1) is 0 Å². The van der Waals surface area contributed by atoms with Crippen LogP contribution in [0.5, 0.6) is 0 Å². The van der Waals surface area contributed by atoms with Crippen molar-refractivity contribution in [2.45, 2.75) is 0 Å². The Morgan fingerprint density at radius 2 is 1.25 bits per heavy atom. The number of hydrogen-bond donors (Lipinski definition) is 1. The van der Waals surface area contributed by atoms with E-state index in [9.17, 15) is 0 Å². The molecule has 0 aromatic rings. The van der Waals surface area contributed by atoms with E-state index in [1.165, 1.54) is 0 Å². The summed E-state index contributed by atoms with van der Waals surface area (Å²) in [4.78, 5) is 0. The second kappa shape index (κ2) is 8.48. The monoisotopic (exact) mass is 190 g/mol. The van der Waals surface area contributed by atoms with E-state index in [-0.39, 0.29) is 51.4 Å². The zero-order chi connectivity index (χ0) is 6.50. The van der Waals surface area contributed by atoms with Gasteiger partial charge in [0.05, 0.1) is 0 Å². The Morgan fingerprint density at radius 3 is 1.25 bits per heavy atom. The van der Waals surface area contributed by atoms with Crippen molar-refractivity contribution >= 4 is 0 Å². The fourth-order valence-corrected chi connectivity index (χ4v) is 0. The van der Waals surface area contributed by atoms with Crippen LogP contribution in [0.4, 0.5) is 0 Å². The van der Waals surface area contributed by atoms with E-state index >= 15 is 0 Å². The summed E-state index contributed by atoms with van der Waals surface area (Å²) < 4.78 is 33.1. The Labute approximate surface area is 90.7 Å². The van der Waals surface area contributed by atoms with Crippen LogP contribution in [-0.4, -0.2) is 11.3 Å². The number of hydrogen-bond acceptors (Lipinski definition) is 4. The van der Waals surface area contributed by atoms with Crippen molar-refractivity contribution in [2.24, 2.45) is 0 Å². The Balaban J connectivity index is -0.0000000750. The summed E-state index contributed by atoms with van der Waals surface area (Å²) in [5.41, 5.74) is 0. The molecule has 1 N–H and O–H groups in total. The second-order valence-corrected chi connectivity index (χ2v) is 1.63. The molecule has 0 rings (SSSR count). The maximum atomic E-state index is 8.69. The summed E-state index contributed by atoms with van der Waals surface area (Å²) in [6.07, 6.45) is 0. The van der Waals surface area contributed by atoms with Crippen LogP contribution in [0.2, 0.25) is 0 Å². The molecule has 0 bridgehead atoms. The van der Waals surface area contributed by atoms with Crippen molar-refractivity contribution in [1.82, 2.24) is 0 Å². The summed E-state index contributed by atoms with van der Waals surface area (Å²) in [5.74, 6) is 0. The molecule has 0 aliphatic rings. The average Bonchev–Trinajstić information content (AvgIpc) is 1.36. The molecule has 0 aromatic heterocycles. The van der Waals surface area contributed by atoms with Crippen molar-refractivity contribution < 1.29 is 85.2 Å². The van der Waals surface area contributed by atoms with Gasteiger partial charge in [0, 0.05) is 0 Å². The van der Waals surface area contributed by atoms with Crippen molar-refractivity contribution in [2.75, 3.05) is 7.11 Å². The molecule has 0 heterocycles. The van der Waals surface area contributed by atoms with Gasteiger partial charge in [0.15, 0.2) is 0 Å². The van der Waals surface area contributed by atoms with Crippen LogP contribution in [0.3, 0.4) is 0 Å². The molecule has 0 radical (unpaired) electrons. The van der Waals surface area contributed by atoms with Crippen LogP contribution < -0.4 is 56.5 Å². The predicted octanol–water partition coefficient (Wildman–Crippen LogP) is -4.94. The molecule has 0 unspecified atom stereocenters. The van der Waals surface area contributed by atoms with E-state index in [0.717, 1.165) is 7.11 Å². The normalized spacial score (nSPS) is 7.88. The molecule has 0 saturated heterocycles. The van der Waals surface area contributed by atoms with Crippen molar-refractivity contribution in [1.29, 1.82) is 0 Å². The SMILES string of the molecule is C[O-].[K+].[O]=[Mn](=[O])(=[O])[OH]. The van der Waals surface area contributed by atoms with Gasteiger partial charge in [-0.25, -0.2) is 0 Å². The minimum atomic E-state index is -5.38. The van der Waals surface area contributed by atoms with E-state index in [0.29, 0.717) is 0 Å².